The summed E-state index contributed by atoms with van der Waals surface area (Å²) in [4.78, 5) is 10.4. The quantitative estimate of drug-likeness (QED) is 0.509. The van der Waals surface area contributed by atoms with Crippen LogP contribution in [0.25, 0.3) is 22.4 Å². The molecule has 1 fully saturated rings. The monoisotopic (exact) mass is 424 g/mol. The summed E-state index contributed by atoms with van der Waals surface area (Å²) in [5, 5.41) is 3.57. The van der Waals surface area contributed by atoms with Crippen LogP contribution in [-0.2, 0) is 0 Å². The van der Waals surface area contributed by atoms with Crippen LogP contribution in [0.5, 0.6) is 5.75 Å². The third-order valence-electron chi connectivity index (χ3n) is 6.36. The number of benzene rings is 2. The first-order valence-corrected chi connectivity index (χ1v) is 11.3. The lowest BCUT2D eigenvalue weighted by Crippen LogP contribution is -2.43. The Morgan fingerprint density at radius 3 is 2.90 bits per heavy atom. The summed E-state index contributed by atoms with van der Waals surface area (Å²) in [6.45, 7) is 7.74. The van der Waals surface area contributed by atoms with Crippen molar-refractivity contribution in [2.45, 2.75) is 45.6 Å². The lowest BCUT2D eigenvalue weighted by atomic mass is 10.0. The van der Waals surface area contributed by atoms with Crippen LogP contribution < -0.4 is 10.1 Å². The zero-order valence-electron chi connectivity index (χ0n) is 18.8. The molecule has 1 saturated heterocycles. The summed E-state index contributed by atoms with van der Waals surface area (Å²) in [6.07, 6.45) is 4.95. The second-order valence-electron chi connectivity index (χ2n) is 8.67. The van der Waals surface area contributed by atoms with Crippen molar-refractivity contribution in [3.8, 4) is 17.1 Å². The lowest BCUT2D eigenvalue weighted by Gasteiger charge is -2.32. The minimum Gasteiger partial charge on any atom is -0.494 e. The zero-order chi connectivity index (χ0) is 21.8. The number of fused-ring (bicyclic) bond motifs is 1. The Kier molecular flexibility index (Phi) is 6.88. The fourth-order valence-electron chi connectivity index (χ4n) is 4.36. The van der Waals surface area contributed by atoms with Crippen molar-refractivity contribution < 1.29 is 9.13 Å². The van der Waals surface area contributed by atoms with E-state index in [0.29, 0.717) is 23.7 Å². The number of hydrogen-bond donors (Lipinski definition) is 2. The molecule has 0 bridgehead atoms. The fourth-order valence-corrected chi connectivity index (χ4v) is 4.36. The van der Waals surface area contributed by atoms with Crippen LogP contribution >= 0.6 is 0 Å². The van der Waals surface area contributed by atoms with E-state index in [4.69, 9.17) is 4.74 Å². The molecule has 1 atom stereocenters. The molecule has 0 amide bonds. The number of aryl methyl sites for hydroxylation is 2. The van der Waals surface area contributed by atoms with Gasteiger partial charge in [-0.05, 0) is 89.1 Å². The molecule has 5 nitrogen and oxygen atoms in total. The van der Waals surface area contributed by atoms with Gasteiger partial charge in [-0.25, -0.2) is 9.37 Å². The first kappa shape index (κ1) is 21.8. The Balaban J connectivity index is 1.28. The van der Waals surface area contributed by atoms with Crippen LogP contribution in [-0.4, -0.2) is 54.2 Å². The molecule has 6 heteroatoms. The molecule has 2 heterocycles. The molecule has 4 rings (SSSR count). The van der Waals surface area contributed by atoms with Crippen molar-refractivity contribution in [2.75, 3.05) is 33.3 Å². The van der Waals surface area contributed by atoms with Crippen molar-refractivity contribution in [1.29, 1.82) is 0 Å². The molecule has 3 aromatic rings. The number of piperidine rings is 1. The van der Waals surface area contributed by atoms with E-state index < -0.39 is 0 Å². The predicted octanol–water partition coefficient (Wildman–Crippen LogP) is 4.83. The van der Waals surface area contributed by atoms with Gasteiger partial charge in [0, 0.05) is 23.7 Å². The molecule has 2 N–H and O–H groups in total. The van der Waals surface area contributed by atoms with E-state index in [-0.39, 0.29) is 5.82 Å². The molecule has 1 aliphatic heterocycles. The van der Waals surface area contributed by atoms with Gasteiger partial charge < -0.3 is 19.9 Å². The molecule has 2 aromatic carbocycles. The van der Waals surface area contributed by atoms with Crippen molar-refractivity contribution in [2.24, 2.45) is 0 Å². The third kappa shape index (κ3) is 5.08. The summed E-state index contributed by atoms with van der Waals surface area (Å²) in [5.41, 5.74) is 4.18. The Hall–Kier alpha value is -2.44. The normalized spacial score (nSPS) is 17.4. The van der Waals surface area contributed by atoms with Gasteiger partial charge in [-0.2, -0.15) is 0 Å². The van der Waals surface area contributed by atoms with Gasteiger partial charge in [-0.1, -0.05) is 6.42 Å². The number of likely N-dealkylation sites (tertiary alicyclic amines) is 1. The molecule has 0 spiro atoms. The highest BCUT2D eigenvalue weighted by Gasteiger charge is 2.17. The van der Waals surface area contributed by atoms with E-state index in [0.717, 1.165) is 47.7 Å². The van der Waals surface area contributed by atoms with Crippen LogP contribution in [0.2, 0.25) is 0 Å². The maximum atomic E-state index is 13.8. The van der Waals surface area contributed by atoms with Gasteiger partial charge in [0.15, 0.2) is 0 Å². The topological polar surface area (TPSA) is 53.2 Å². The smallest absolute Gasteiger partial charge is 0.138 e. The van der Waals surface area contributed by atoms with Gasteiger partial charge >= 0.3 is 0 Å². The Bertz CT molecular complexity index is 1030. The summed E-state index contributed by atoms with van der Waals surface area (Å²) in [5.74, 6) is 1.39. The van der Waals surface area contributed by atoms with Crippen LogP contribution in [0.3, 0.4) is 0 Å². The number of rotatable bonds is 8. The molecule has 0 saturated carbocycles. The molecule has 0 aliphatic carbocycles. The SMILES string of the molecule is Cc1cc(OCCCNCC2CCCCN2C)ccc1-c1nc2c(C)c(F)ccc2[nH]1. The number of nitrogens with one attached hydrogen (secondary N) is 2. The van der Waals surface area contributed by atoms with Gasteiger partial charge in [-0.3, -0.25) is 0 Å². The molecular formula is C25H33FN4O. The number of H-pyrrole nitrogens is 1. The van der Waals surface area contributed by atoms with Gasteiger partial charge in [-0.15, -0.1) is 0 Å². The molecule has 1 aromatic heterocycles. The maximum absolute atomic E-state index is 13.8. The molecule has 31 heavy (non-hydrogen) atoms. The van der Waals surface area contributed by atoms with E-state index in [1.807, 2.05) is 25.1 Å². The van der Waals surface area contributed by atoms with E-state index in [1.54, 1.807) is 13.0 Å². The summed E-state index contributed by atoms with van der Waals surface area (Å²) >= 11 is 0. The predicted molar refractivity (Wildman–Crippen MR) is 124 cm³/mol. The van der Waals surface area contributed by atoms with Crippen molar-refractivity contribution in [1.82, 2.24) is 20.2 Å². The number of aromatic nitrogens is 2. The highest BCUT2D eigenvalue weighted by Crippen LogP contribution is 2.28. The molecule has 1 unspecified atom stereocenters. The van der Waals surface area contributed by atoms with E-state index >= 15 is 0 Å². The number of likely N-dealkylation sites (N-methyl/N-ethyl adjacent to an activating group) is 1. The number of nitrogens with zero attached hydrogens (tertiary/aromatic N) is 2. The Morgan fingerprint density at radius 1 is 1.23 bits per heavy atom. The summed E-state index contributed by atoms with van der Waals surface area (Å²) in [6, 6.07) is 9.93. The van der Waals surface area contributed by atoms with Crippen molar-refractivity contribution in [3.05, 3.63) is 47.3 Å². The fraction of sp³-hybridized carbons (Fsp3) is 0.480. The van der Waals surface area contributed by atoms with Crippen LogP contribution in [0, 0.1) is 19.7 Å². The zero-order valence-corrected chi connectivity index (χ0v) is 18.8. The second kappa shape index (κ2) is 9.79. The van der Waals surface area contributed by atoms with Crippen LogP contribution in [0.15, 0.2) is 30.3 Å². The highest BCUT2D eigenvalue weighted by atomic mass is 19.1. The van der Waals surface area contributed by atoms with Crippen molar-refractivity contribution >= 4 is 11.0 Å². The van der Waals surface area contributed by atoms with E-state index in [1.165, 1.54) is 31.9 Å². The highest BCUT2D eigenvalue weighted by molar-refractivity contribution is 5.83. The number of hydrogen-bond acceptors (Lipinski definition) is 4. The second-order valence-corrected chi connectivity index (χ2v) is 8.67. The molecule has 166 valence electrons. The standard InChI is InChI=1S/C25H33FN4O/c1-17-15-20(31-14-6-12-27-16-19-7-4-5-13-30(19)3)8-9-21(17)25-28-23-11-10-22(26)18(2)24(23)29-25/h8-11,15,19,27H,4-7,12-14,16H2,1-3H3,(H,28,29). The van der Waals surface area contributed by atoms with Gasteiger partial charge in [0.2, 0.25) is 0 Å². The number of ether oxygens (including phenoxy) is 1. The lowest BCUT2D eigenvalue weighted by molar-refractivity contribution is 0.181. The van der Waals surface area contributed by atoms with Crippen LogP contribution in [0.1, 0.15) is 36.8 Å². The first-order chi connectivity index (χ1) is 15.0. The Morgan fingerprint density at radius 2 is 2.10 bits per heavy atom. The van der Waals surface area contributed by atoms with Gasteiger partial charge in [0.1, 0.15) is 17.4 Å². The first-order valence-electron chi connectivity index (χ1n) is 11.3. The molecular weight excluding hydrogens is 391 g/mol. The summed E-state index contributed by atoms with van der Waals surface area (Å²) in [7, 11) is 2.23. The average molecular weight is 425 g/mol. The van der Waals surface area contributed by atoms with Gasteiger partial charge in [0.25, 0.3) is 0 Å². The van der Waals surface area contributed by atoms with Crippen LogP contribution in [0.4, 0.5) is 4.39 Å². The van der Waals surface area contributed by atoms with E-state index in [9.17, 15) is 4.39 Å². The third-order valence-corrected chi connectivity index (χ3v) is 6.36. The number of aromatic amines is 1. The summed E-state index contributed by atoms with van der Waals surface area (Å²) < 4.78 is 19.8. The molecule has 1 aliphatic rings. The number of imidazole rings is 1. The largest absolute Gasteiger partial charge is 0.494 e. The number of halogens is 1. The minimum atomic E-state index is -0.230. The molecule has 0 radical (unpaired) electrons. The average Bonchev–Trinajstić information content (AvgIpc) is 3.19. The maximum Gasteiger partial charge on any atom is 0.138 e. The Labute approximate surface area is 184 Å². The minimum absolute atomic E-state index is 0.230. The van der Waals surface area contributed by atoms with Crippen molar-refractivity contribution in [3.63, 3.8) is 0 Å². The van der Waals surface area contributed by atoms with Gasteiger partial charge in [0.05, 0.1) is 17.6 Å². The van der Waals surface area contributed by atoms with E-state index in [2.05, 4.69) is 27.2 Å².